The van der Waals surface area contributed by atoms with Gasteiger partial charge >= 0.3 is 6.18 Å². The van der Waals surface area contributed by atoms with Gasteiger partial charge in [0.1, 0.15) is 5.75 Å². The van der Waals surface area contributed by atoms with Crippen molar-refractivity contribution < 1.29 is 17.9 Å². The first-order valence-corrected chi connectivity index (χ1v) is 6.12. The first kappa shape index (κ1) is 13.8. The Morgan fingerprint density at radius 1 is 1.37 bits per heavy atom. The zero-order valence-corrected chi connectivity index (χ0v) is 10.8. The Balaban J connectivity index is 2.32. The summed E-state index contributed by atoms with van der Waals surface area (Å²) < 4.78 is 43.5. The Morgan fingerprint density at radius 3 is 2.74 bits per heavy atom. The summed E-state index contributed by atoms with van der Waals surface area (Å²) in [5.41, 5.74) is 0.850. The molecule has 0 saturated heterocycles. The predicted octanol–water partition coefficient (Wildman–Crippen LogP) is 4.23. The second-order valence-corrected chi connectivity index (χ2v) is 4.84. The van der Waals surface area contributed by atoms with Crippen molar-refractivity contribution in [2.24, 2.45) is 0 Å². The van der Waals surface area contributed by atoms with E-state index in [-0.39, 0.29) is 6.04 Å². The normalized spacial score (nSPS) is 18.7. The van der Waals surface area contributed by atoms with Crippen LogP contribution in [0.5, 0.6) is 5.75 Å². The lowest BCUT2D eigenvalue weighted by molar-refractivity contribution is -0.137. The number of ether oxygens (including phenoxy) is 1. The number of rotatable bonds is 1. The molecule has 0 bridgehead atoms. The monoisotopic (exact) mass is 271 g/mol. The van der Waals surface area contributed by atoms with Gasteiger partial charge in [-0.15, -0.1) is 0 Å². The molecule has 1 heterocycles. The number of allylic oxidation sites excluding steroid dienone is 1. The van der Waals surface area contributed by atoms with E-state index in [0.717, 1.165) is 24.1 Å². The highest BCUT2D eigenvalue weighted by Crippen LogP contribution is 2.36. The lowest BCUT2D eigenvalue weighted by atomic mass is 10.1. The van der Waals surface area contributed by atoms with Gasteiger partial charge in [0, 0.05) is 12.5 Å². The Bertz CT molecular complexity index is 490. The molecule has 2 rings (SSSR count). The molecule has 1 unspecified atom stereocenters. The second-order valence-electron chi connectivity index (χ2n) is 4.84. The van der Waals surface area contributed by atoms with Crippen LogP contribution in [0.2, 0.25) is 0 Å². The van der Waals surface area contributed by atoms with Crippen molar-refractivity contribution in [1.82, 2.24) is 0 Å². The summed E-state index contributed by atoms with van der Waals surface area (Å²) in [6.45, 7) is 4.40. The van der Waals surface area contributed by atoms with Gasteiger partial charge in [0.2, 0.25) is 0 Å². The largest absolute Gasteiger partial charge is 0.491 e. The highest BCUT2D eigenvalue weighted by Gasteiger charge is 2.31. The third-order valence-electron chi connectivity index (χ3n) is 2.87. The summed E-state index contributed by atoms with van der Waals surface area (Å²) in [5.74, 6) is 0.470. The summed E-state index contributed by atoms with van der Waals surface area (Å²) >= 11 is 0. The van der Waals surface area contributed by atoms with Crippen LogP contribution in [-0.4, -0.2) is 12.6 Å². The van der Waals surface area contributed by atoms with E-state index in [2.05, 4.69) is 5.32 Å². The van der Waals surface area contributed by atoms with Crippen molar-refractivity contribution in [3.05, 3.63) is 35.4 Å². The Labute approximate surface area is 110 Å². The molecule has 2 nitrogen and oxygen atoms in total. The number of hydrogen-bond donors (Lipinski definition) is 1. The fourth-order valence-electron chi connectivity index (χ4n) is 2.04. The smallest absolute Gasteiger partial charge is 0.416 e. The van der Waals surface area contributed by atoms with Gasteiger partial charge in [-0.05, 0) is 32.0 Å². The molecule has 1 aromatic rings. The standard InChI is InChI=1S/C14H16F3NO/c1-9(2)7-11-5-6-19-13-4-3-10(14(15,16)17)8-12(13)18-11/h3-4,7-8,11,18H,5-6H2,1-2H3. The number of hydrogen-bond acceptors (Lipinski definition) is 2. The molecular weight excluding hydrogens is 255 g/mol. The maximum atomic E-state index is 12.7. The predicted molar refractivity (Wildman–Crippen MR) is 68.4 cm³/mol. The number of halogens is 3. The molecule has 0 aromatic heterocycles. The lowest BCUT2D eigenvalue weighted by Crippen LogP contribution is -2.17. The first-order valence-electron chi connectivity index (χ1n) is 6.12. The number of fused-ring (bicyclic) bond motifs is 1. The fraction of sp³-hybridized carbons (Fsp3) is 0.429. The minimum Gasteiger partial charge on any atom is -0.491 e. The fourth-order valence-corrected chi connectivity index (χ4v) is 2.04. The van der Waals surface area contributed by atoms with Crippen LogP contribution >= 0.6 is 0 Å². The van der Waals surface area contributed by atoms with Crippen molar-refractivity contribution in [2.45, 2.75) is 32.5 Å². The van der Waals surface area contributed by atoms with Crippen LogP contribution < -0.4 is 10.1 Å². The summed E-state index contributed by atoms with van der Waals surface area (Å²) in [6, 6.07) is 3.51. The van der Waals surface area contributed by atoms with E-state index in [1.165, 1.54) is 6.07 Å². The Hall–Kier alpha value is -1.65. The van der Waals surface area contributed by atoms with Gasteiger partial charge in [-0.25, -0.2) is 0 Å². The van der Waals surface area contributed by atoms with E-state index < -0.39 is 11.7 Å². The third-order valence-corrected chi connectivity index (χ3v) is 2.87. The zero-order chi connectivity index (χ0) is 14.0. The Morgan fingerprint density at radius 2 is 2.11 bits per heavy atom. The van der Waals surface area contributed by atoms with Crippen molar-refractivity contribution in [1.29, 1.82) is 0 Å². The molecule has 104 valence electrons. The van der Waals surface area contributed by atoms with E-state index in [4.69, 9.17) is 4.74 Å². The molecule has 1 aromatic carbocycles. The molecule has 0 radical (unpaired) electrons. The van der Waals surface area contributed by atoms with Gasteiger partial charge in [-0.2, -0.15) is 13.2 Å². The van der Waals surface area contributed by atoms with Gasteiger partial charge in [-0.1, -0.05) is 11.6 Å². The van der Waals surface area contributed by atoms with Crippen LogP contribution in [0.3, 0.4) is 0 Å². The van der Waals surface area contributed by atoms with Gasteiger partial charge in [0.05, 0.1) is 17.9 Å². The van der Waals surface area contributed by atoms with Crippen LogP contribution in [0.4, 0.5) is 18.9 Å². The van der Waals surface area contributed by atoms with Crippen LogP contribution in [0.15, 0.2) is 29.8 Å². The molecule has 0 fully saturated rings. The van der Waals surface area contributed by atoms with Gasteiger partial charge < -0.3 is 10.1 Å². The van der Waals surface area contributed by atoms with Gasteiger partial charge in [-0.3, -0.25) is 0 Å². The molecule has 1 atom stereocenters. The maximum Gasteiger partial charge on any atom is 0.416 e. The van der Waals surface area contributed by atoms with Crippen molar-refractivity contribution in [3.63, 3.8) is 0 Å². The molecular formula is C14H16F3NO. The second kappa shape index (κ2) is 5.15. The molecule has 0 saturated carbocycles. The van der Waals surface area contributed by atoms with Crippen LogP contribution in [0.25, 0.3) is 0 Å². The first-order chi connectivity index (χ1) is 8.86. The molecule has 1 aliphatic rings. The summed E-state index contributed by atoms with van der Waals surface area (Å²) in [5, 5.41) is 3.10. The number of alkyl halides is 3. The molecule has 0 amide bonds. The highest BCUT2D eigenvalue weighted by molar-refractivity contribution is 5.60. The molecule has 1 N–H and O–H groups in total. The number of benzene rings is 1. The molecule has 1 aliphatic heterocycles. The van der Waals surface area contributed by atoms with Gasteiger partial charge in [0.25, 0.3) is 0 Å². The van der Waals surface area contributed by atoms with Crippen molar-refractivity contribution in [3.8, 4) is 5.75 Å². The summed E-state index contributed by atoms with van der Waals surface area (Å²) in [7, 11) is 0. The minimum atomic E-state index is -4.34. The van der Waals surface area contributed by atoms with Gasteiger partial charge in [0.15, 0.2) is 0 Å². The molecule has 0 spiro atoms. The molecule has 19 heavy (non-hydrogen) atoms. The van der Waals surface area contributed by atoms with E-state index >= 15 is 0 Å². The van der Waals surface area contributed by atoms with E-state index in [1.54, 1.807) is 0 Å². The van der Waals surface area contributed by atoms with Crippen molar-refractivity contribution >= 4 is 5.69 Å². The van der Waals surface area contributed by atoms with E-state index in [1.807, 2.05) is 19.9 Å². The summed E-state index contributed by atoms with van der Waals surface area (Å²) in [4.78, 5) is 0. The third kappa shape index (κ3) is 3.43. The van der Waals surface area contributed by atoms with E-state index in [9.17, 15) is 13.2 Å². The number of anilines is 1. The van der Waals surface area contributed by atoms with Crippen molar-refractivity contribution in [2.75, 3.05) is 11.9 Å². The Kier molecular flexibility index (Phi) is 3.73. The summed E-state index contributed by atoms with van der Waals surface area (Å²) in [6.07, 6.45) is -1.62. The SMILES string of the molecule is CC(C)=CC1CCOc2ccc(C(F)(F)F)cc2N1. The minimum absolute atomic E-state index is 0.00488. The quantitative estimate of drug-likeness (QED) is 0.771. The van der Waals surface area contributed by atoms with E-state index in [0.29, 0.717) is 18.0 Å². The zero-order valence-electron chi connectivity index (χ0n) is 10.8. The maximum absolute atomic E-state index is 12.7. The van der Waals surface area contributed by atoms with Crippen LogP contribution in [0, 0.1) is 0 Å². The average Bonchev–Trinajstić information content (AvgIpc) is 2.47. The van der Waals surface area contributed by atoms with Crippen LogP contribution in [-0.2, 0) is 6.18 Å². The van der Waals surface area contributed by atoms with Crippen LogP contribution in [0.1, 0.15) is 25.8 Å². The number of nitrogens with one attached hydrogen (secondary N) is 1. The lowest BCUT2D eigenvalue weighted by Gasteiger charge is -2.15. The average molecular weight is 271 g/mol. The molecule has 0 aliphatic carbocycles. The topological polar surface area (TPSA) is 21.3 Å². The molecule has 5 heteroatoms. The highest BCUT2D eigenvalue weighted by atomic mass is 19.4.